The van der Waals surface area contributed by atoms with Crippen molar-refractivity contribution in [1.82, 2.24) is 0 Å². The van der Waals surface area contributed by atoms with Gasteiger partial charge in [-0.2, -0.15) is 0 Å². The molecule has 5 heteroatoms. The SMILES string of the molecule is CC(C)(C)c1cc(CCC2(CN)CC2)cc(OC(F)(F)F)c1. The lowest BCUT2D eigenvalue weighted by Crippen LogP contribution is -2.19. The maximum absolute atomic E-state index is 12.5. The van der Waals surface area contributed by atoms with E-state index in [1.165, 1.54) is 12.1 Å². The molecule has 1 aromatic rings. The van der Waals surface area contributed by atoms with Crippen molar-refractivity contribution >= 4 is 0 Å². The van der Waals surface area contributed by atoms with Gasteiger partial charge in [-0.05, 0) is 66.3 Å². The Bertz CT molecular complexity index is 528. The number of aryl methyl sites for hydroxylation is 1. The van der Waals surface area contributed by atoms with Gasteiger partial charge in [-0.25, -0.2) is 0 Å². The second-order valence-corrected chi connectivity index (χ2v) is 7.37. The average molecular weight is 315 g/mol. The molecule has 0 aromatic heterocycles. The summed E-state index contributed by atoms with van der Waals surface area (Å²) >= 11 is 0. The molecule has 0 heterocycles. The van der Waals surface area contributed by atoms with E-state index in [-0.39, 0.29) is 16.6 Å². The molecule has 1 saturated carbocycles. The summed E-state index contributed by atoms with van der Waals surface area (Å²) in [7, 11) is 0. The summed E-state index contributed by atoms with van der Waals surface area (Å²) in [4.78, 5) is 0. The number of benzene rings is 1. The van der Waals surface area contributed by atoms with E-state index in [2.05, 4.69) is 4.74 Å². The molecule has 1 aromatic carbocycles. The monoisotopic (exact) mass is 315 g/mol. The van der Waals surface area contributed by atoms with Crippen molar-refractivity contribution in [2.24, 2.45) is 11.1 Å². The Balaban J connectivity index is 2.22. The molecule has 2 nitrogen and oxygen atoms in total. The molecule has 1 aliphatic carbocycles. The van der Waals surface area contributed by atoms with E-state index in [1.54, 1.807) is 0 Å². The largest absolute Gasteiger partial charge is 0.573 e. The molecular weight excluding hydrogens is 291 g/mol. The Morgan fingerprint density at radius 1 is 1.14 bits per heavy atom. The molecule has 1 aliphatic rings. The molecule has 0 atom stereocenters. The molecule has 0 saturated heterocycles. The van der Waals surface area contributed by atoms with Gasteiger partial charge in [-0.3, -0.25) is 0 Å². The molecule has 1 fully saturated rings. The van der Waals surface area contributed by atoms with Crippen LogP contribution in [0.2, 0.25) is 0 Å². The minimum Gasteiger partial charge on any atom is -0.406 e. The predicted octanol–water partition coefficient (Wildman–Crippen LogP) is 4.55. The van der Waals surface area contributed by atoms with Crippen LogP contribution in [-0.4, -0.2) is 12.9 Å². The van der Waals surface area contributed by atoms with Crippen molar-refractivity contribution in [1.29, 1.82) is 0 Å². The first kappa shape index (κ1) is 17.1. The van der Waals surface area contributed by atoms with Crippen LogP contribution in [0, 0.1) is 5.41 Å². The minimum atomic E-state index is -4.66. The molecule has 0 bridgehead atoms. The van der Waals surface area contributed by atoms with Gasteiger partial charge in [0.15, 0.2) is 0 Å². The summed E-state index contributed by atoms with van der Waals surface area (Å²) in [6, 6.07) is 4.96. The lowest BCUT2D eigenvalue weighted by molar-refractivity contribution is -0.274. The number of ether oxygens (including phenoxy) is 1. The van der Waals surface area contributed by atoms with Gasteiger partial charge in [-0.1, -0.05) is 26.8 Å². The van der Waals surface area contributed by atoms with Crippen LogP contribution in [-0.2, 0) is 11.8 Å². The fourth-order valence-electron chi connectivity index (χ4n) is 2.57. The summed E-state index contributed by atoms with van der Waals surface area (Å²) < 4.78 is 41.6. The summed E-state index contributed by atoms with van der Waals surface area (Å²) in [5.74, 6) is -0.132. The molecule has 0 unspecified atom stereocenters. The first-order valence-electron chi connectivity index (χ1n) is 7.63. The van der Waals surface area contributed by atoms with E-state index in [4.69, 9.17) is 5.73 Å². The zero-order valence-corrected chi connectivity index (χ0v) is 13.4. The zero-order valence-electron chi connectivity index (χ0n) is 13.4. The summed E-state index contributed by atoms with van der Waals surface area (Å²) in [6.45, 7) is 6.58. The predicted molar refractivity (Wildman–Crippen MR) is 80.9 cm³/mol. The number of alkyl halides is 3. The molecule has 2 N–H and O–H groups in total. The molecular formula is C17H24F3NO. The van der Waals surface area contributed by atoms with Crippen molar-refractivity contribution in [2.75, 3.05) is 6.54 Å². The van der Waals surface area contributed by atoms with Crippen LogP contribution in [0.25, 0.3) is 0 Å². The third-order valence-electron chi connectivity index (χ3n) is 4.40. The summed E-state index contributed by atoms with van der Waals surface area (Å²) in [6.07, 6.45) is -0.774. The quantitative estimate of drug-likeness (QED) is 0.865. The average Bonchev–Trinajstić information content (AvgIpc) is 3.14. The first-order chi connectivity index (χ1) is 10.0. The number of nitrogens with two attached hydrogens (primary N) is 1. The Kier molecular flexibility index (Phi) is 4.49. The Labute approximate surface area is 129 Å². The highest BCUT2D eigenvalue weighted by molar-refractivity contribution is 5.38. The van der Waals surface area contributed by atoms with E-state index in [1.807, 2.05) is 26.8 Å². The van der Waals surface area contributed by atoms with Gasteiger partial charge in [0.05, 0.1) is 0 Å². The van der Waals surface area contributed by atoms with E-state index < -0.39 is 6.36 Å². The highest BCUT2D eigenvalue weighted by atomic mass is 19.4. The number of hydrogen-bond acceptors (Lipinski definition) is 2. The molecule has 2 rings (SSSR count). The van der Waals surface area contributed by atoms with E-state index in [0.717, 1.165) is 36.8 Å². The summed E-state index contributed by atoms with van der Waals surface area (Å²) in [5.41, 5.74) is 7.48. The lowest BCUT2D eigenvalue weighted by atomic mass is 9.85. The fourth-order valence-corrected chi connectivity index (χ4v) is 2.57. The van der Waals surface area contributed by atoms with Crippen molar-refractivity contribution in [3.8, 4) is 5.75 Å². The Morgan fingerprint density at radius 3 is 2.23 bits per heavy atom. The van der Waals surface area contributed by atoms with Gasteiger partial charge in [0.25, 0.3) is 0 Å². The van der Waals surface area contributed by atoms with Crippen molar-refractivity contribution in [2.45, 2.75) is 58.2 Å². The topological polar surface area (TPSA) is 35.2 Å². The number of hydrogen-bond donors (Lipinski definition) is 1. The smallest absolute Gasteiger partial charge is 0.406 e. The van der Waals surface area contributed by atoms with Crippen LogP contribution in [0.3, 0.4) is 0 Å². The van der Waals surface area contributed by atoms with Crippen LogP contribution >= 0.6 is 0 Å². The fraction of sp³-hybridized carbons (Fsp3) is 0.647. The number of halogens is 3. The second kappa shape index (κ2) is 5.76. The van der Waals surface area contributed by atoms with Crippen molar-refractivity contribution in [3.05, 3.63) is 29.3 Å². The molecule has 124 valence electrons. The van der Waals surface area contributed by atoms with Gasteiger partial charge < -0.3 is 10.5 Å². The molecule has 0 aliphatic heterocycles. The van der Waals surface area contributed by atoms with E-state index >= 15 is 0 Å². The normalized spacial score (nSPS) is 17.4. The van der Waals surface area contributed by atoms with Crippen LogP contribution in [0.15, 0.2) is 18.2 Å². The van der Waals surface area contributed by atoms with Crippen LogP contribution < -0.4 is 10.5 Å². The molecule has 0 spiro atoms. The van der Waals surface area contributed by atoms with Crippen LogP contribution in [0.1, 0.15) is 51.2 Å². The standard InChI is InChI=1S/C17H24F3NO/c1-15(2,3)13-8-12(4-5-16(11-21)6-7-16)9-14(10-13)22-17(18,19)20/h8-10H,4-7,11,21H2,1-3H3. The maximum Gasteiger partial charge on any atom is 0.573 e. The van der Waals surface area contributed by atoms with E-state index in [9.17, 15) is 13.2 Å². The van der Waals surface area contributed by atoms with Gasteiger partial charge in [0.2, 0.25) is 0 Å². The maximum atomic E-state index is 12.5. The third kappa shape index (κ3) is 4.63. The number of rotatable bonds is 5. The zero-order chi connectivity index (χ0) is 16.6. The molecule has 0 amide bonds. The van der Waals surface area contributed by atoms with Gasteiger partial charge in [0.1, 0.15) is 5.75 Å². The van der Waals surface area contributed by atoms with Gasteiger partial charge >= 0.3 is 6.36 Å². The first-order valence-corrected chi connectivity index (χ1v) is 7.63. The Morgan fingerprint density at radius 2 is 1.77 bits per heavy atom. The minimum absolute atomic E-state index is 0.132. The Hall–Kier alpha value is -1.23. The second-order valence-electron chi connectivity index (χ2n) is 7.37. The van der Waals surface area contributed by atoms with Crippen molar-refractivity contribution < 1.29 is 17.9 Å². The molecule has 22 heavy (non-hydrogen) atoms. The summed E-state index contributed by atoms with van der Waals surface area (Å²) in [5, 5.41) is 0. The highest BCUT2D eigenvalue weighted by Gasteiger charge is 2.40. The van der Waals surface area contributed by atoms with Crippen LogP contribution in [0.5, 0.6) is 5.75 Å². The lowest BCUT2D eigenvalue weighted by Gasteiger charge is -2.22. The van der Waals surface area contributed by atoms with Crippen molar-refractivity contribution in [3.63, 3.8) is 0 Å². The van der Waals surface area contributed by atoms with Gasteiger partial charge in [0, 0.05) is 0 Å². The van der Waals surface area contributed by atoms with E-state index in [0.29, 0.717) is 6.54 Å². The third-order valence-corrected chi connectivity index (χ3v) is 4.40. The van der Waals surface area contributed by atoms with Crippen LogP contribution in [0.4, 0.5) is 13.2 Å². The molecule has 0 radical (unpaired) electrons. The van der Waals surface area contributed by atoms with Gasteiger partial charge in [-0.15, -0.1) is 13.2 Å². The highest BCUT2D eigenvalue weighted by Crippen LogP contribution is 2.48.